The summed E-state index contributed by atoms with van der Waals surface area (Å²) in [5, 5.41) is 6.93. The molecular formula is C14H16FN3O. The number of amides is 1. The van der Waals surface area contributed by atoms with Crippen molar-refractivity contribution in [2.75, 3.05) is 5.32 Å². The molecule has 19 heavy (non-hydrogen) atoms. The summed E-state index contributed by atoms with van der Waals surface area (Å²) in [4.78, 5) is 12.1. The summed E-state index contributed by atoms with van der Waals surface area (Å²) in [7, 11) is 1.80. The van der Waals surface area contributed by atoms with Crippen molar-refractivity contribution in [3.05, 3.63) is 46.5 Å². The first-order valence-corrected chi connectivity index (χ1v) is 5.98. The third-order valence-electron chi connectivity index (χ3n) is 3.11. The van der Waals surface area contributed by atoms with Crippen LogP contribution in [0.4, 0.5) is 10.1 Å². The zero-order valence-corrected chi connectivity index (χ0v) is 11.4. The molecule has 4 nitrogen and oxygen atoms in total. The van der Waals surface area contributed by atoms with Gasteiger partial charge in [0.2, 0.25) is 0 Å². The number of carbonyl (C=O) groups excluding carboxylic acids is 1. The smallest absolute Gasteiger partial charge is 0.258 e. The highest BCUT2D eigenvalue weighted by Gasteiger charge is 2.16. The Morgan fingerprint density at radius 3 is 2.58 bits per heavy atom. The number of carbonyl (C=O) groups is 1. The van der Waals surface area contributed by atoms with Gasteiger partial charge in [-0.1, -0.05) is 11.6 Å². The van der Waals surface area contributed by atoms with Crippen molar-refractivity contribution in [1.29, 1.82) is 0 Å². The zero-order chi connectivity index (χ0) is 14.2. The topological polar surface area (TPSA) is 46.9 Å². The number of nitrogens with zero attached hydrogens (tertiary/aromatic N) is 2. The zero-order valence-electron chi connectivity index (χ0n) is 11.4. The van der Waals surface area contributed by atoms with E-state index in [4.69, 9.17) is 0 Å². The second kappa shape index (κ2) is 4.84. The monoisotopic (exact) mass is 261 g/mol. The summed E-state index contributed by atoms with van der Waals surface area (Å²) in [6, 6.07) is 4.46. The van der Waals surface area contributed by atoms with Gasteiger partial charge >= 0.3 is 0 Å². The number of hydrogen-bond acceptors (Lipinski definition) is 2. The minimum atomic E-state index is -0.526. The molecular weight excluding hydrogens is 245 g/mol. The van der Waals surface area contributed by atoms with E-state index < -0.39 is 11.7 Å². The fraction of sp³-hybridized carbons (Fsp3) is 0.286. The van der Waals surface area contributed by atoms with E-state index in [1.807, 2.05) is 13.8 Å². The highest BCUT2D eigenvalue weighted by Crippen LogP contribution is 2.20. The lowest BCUT2D eigenvalue weighted by atomic mass is 10.1. The normalized spacial score (nSPS) is 10.6. The molecule has 1 aromatic heterocycles. The van der Waals surface area contributed by atoms with Crippen molar-refractivity contribution in [3.63, 3.8) is 0 Å². The molecule has 1 aromatic carbocycles. The van der Waals surface area contributed by atoms with E-state index in [9.17, 15) is 9.18 Å². The van der Waals surface area contributed by atoms with E-state index in [1.54, 1.807) is 24.7 Å². The van der Waals surface area contributed by atoms with Crippen LogP contribution in [-0.4, -0.2) is 15.7 Å². The predicted molar refractivity (Wildman–Crippen MR) is 71.8 cm³/mol. The van der Waals surface area contributed by atoms with Crippen LogP contribution >= 0.6 is 0 Å². The number of anilines is 1. The number of aromatic nitrogens is 2. The first-order chi connectivity index (χ1) is 8.90. The molecule has 5 heteroatoms. The Balaban J connectivity index is 2.33. The molecule has 0 bridgehead atoms. The Morgan fingerprint density at radius 2 is 2.00 bits per heavy atom. The maximum absolute atomic E-state index is 13.6. The highest BCUT2D eigenvalue weighted by molar-refractivity contribution is 6.05. The van der Waals surface area contributed by atoms with Gasteiger partial charge in [0.1, 0.15) is 5.82 Å². The molecule has 2 aromatic rings. The summed E-state index contributed by atoms with van der Waals surface area (Å²) in [6.07, 6.45) is 0. The van der Waals surface area contributed by atoms with Crippen LogP contribution in [0.3, 0.4) is 0 Å². The molecule has 2 rings (SSSR count). The summed E-state index contributed by atoms with van der Waals surface area (Å²) in [6.45, 7) is 5.47. The first kappa shape index (κ1) is 13.3. The van der Waals surface area contributed by atoms with E-state index in [2.05, 4.69) is 10.4 Å². The quantitative estimate of drug-likeness (QED) is 0.903. The van der Waals surface area contributed by atoms with Crippen LogP contribution in [0.1, 0.15) is 27.3 Å². The molecule has 0 saturated heterocycles. The number of rotatable bonds is 2. The van der Waals surface area contributed by atoms with Gasteiger partial charge in [-0.25, -0.2) is 4.39 Å². The van der Waals surface area contributed by atoms with Crippen LogP contribution in [0.25, 0.3) is 0 Å². The summed E-state index contributed by atoms with van der Waals surface area (Å²) < 4.78 is 15.3. The van der Waals surface area contributed by atoms with Crippen LogP contribution in [0.15, 0.2) is 18.2 Å². The lowest BCUT2D eigenvalue weighted by Crippen LogP contribution is -2.15. The maximum atomic E-state index is 13.6. The molecule has 0 radical (unpaired) electrons. The predicted octanol–water partition coefficient (Wildman–Crippen LogP) is 2.74. The van der Waals surface area contributed by atoms with Crippen LogP contribution in [0.2, 0.25) is 0 Å². The Kier molecular flexibility index (Phi) is 3.38. The number of halogens is 1. The van der Waals surface area contributed by atoms with E-state index in [-0.39, 0.29) is 5.56 Å². The third-order valence-corrected chi connectivity index (χ3v) is 3.11. The van der Waals surface area contributed by atoms with Crippen LogP contribution in [-0.2, 0) is 7.05 Å². The standard InChI is InChI=1S/C14H16FN3O/c1-8-5-6-12(15)11(7-8)14(19)16-13-9(2)17-18(4)10(13)3/h5-7H,1-4H3,(H,16,19). The van der Waals surface area contributed by atoms with Gasteiger partial charge in [-0.05, 0) is 32.9 Å². The average Bonchev–Trinajstić information content (AvgIpc) is 2.59. The van der Waals surface area contributed by atoms with Crippen molar-refractivity contribution in [1.82, 2.24) is 9.78 Å². The first-order valence-electron chi connectivity index (χ1n) is 5.98. The molecule has 1 N–H and O–H groups in total. The van der Waals surface area contributed by atoms with E-state index in [0.717, 1.165) is 11.3 Å². The fourth-order valence-corrected chi connectivity index (χ4v) is 1.95. The molecule has 0 fully saturated rings. The average molecular weight is 261 g/mol. The van der Waals surface area contributed by atoms with Gasteiger partial charge in [-0.3, -0.25) is 9.48 Å². The molecule has 0 aliphatic heterocycles. The van der Waals surface area contributed by atoms with Crippen LogP contribution in [0.5, 0.6) is 0 Å². The molecule has 0 unspecified atom stereocenters. The Morgan fingerprint density at radius 1 is 1.32 bits per heavy atom. The minimum Gasteiger partial charge on any atom is -0.319 e. The van der Waals surface area contributed by atoms with Gasteiger partial charge in [0.25, 0.3) is 5.91 Å². The fourth-order valence-electron chi connectivity index (χ4n) is 1.95. The minimum absolute atomic E-state index is 0.0441. The molecule has 0 aliphatic carbocycles. The Hall–Kier alpha value is -2.17. The van der Waals surface area contributed by atoms with Gasteiger partial charge in [0.15, 0.2) is 0 Å². The molecule has 0 saturated carbocycles. The molecule has 0 aliphatic rings. The second-order valence-corrected chi connectivity index (χ2v) is 4.61. The number of aryl methyl sites for hydroxylation is 3. The molecule has 0 atom stereocenters. The van der Waals surface area contributed by atoms with E-state index in [0.29, 0.717) is 11.4 Å². The SMILES string of the molecule is Cc1ccc(F)c(C(=O)Nc2c(C)nn(C)c2C)c1. The number of nitrogens with one attached hydrogen (secondary N) is 1. The molecule has 1 amide bonds. The number of benzene rings is 1. The van der Waals surface area contributed by atoms with Crippen molar-refractivity contribution < 1.29 is 9.18 Å². The lowest BCUT2D eigenvalue weighted by molar-refractivity contribution is 0.102. The molecule has 1 heterocycles. The summed E-state index contributed by atoms with van der Waals surface area (Å²) in [5.74, 6) is -0.984. The van der Waals surface area contributed by atoms with Gasteiger partial charge in [0, 0.05) is 7.05 Å². The van der Waals surface area contributed by atoms with E-state index in [1.165, 1.54) is 12.1 Å². The van der Waals surface area contributed by atoms with Crippen molar-refractivity contribution in [2.24, 2.45) is 7.05 Å². The maximum Gasteiger partial charge on any atom is 0.258 e. The Labute approximate surface area is 111 Å². The number of hydrogen-bond donors (Lipinski definition) is 1. The van der Waals surface area contributed by atoms with E-state index >= 15 is 0 Å². The summed E-state index contributed by atoms with van der Waals surface area (Å²) >= 11 is 0. The van der Waals surface area contributed by atoms with Crippen LogP contribution in [0, 0.1) is 26.6 Å². The highest BCUT2D eigenvalue weighted by atomic mass is 19.1. The second-order valence-electron chi connectivity index (χ2n) is 4.61. The largest absolute Gasteiger partial charge is 0.319 e. The van der Waals surface area contributed by atoms with Crippen molar-refractivity contribution in [3.8, 4) is 0 Å². The van der Waals surface area contributed by atoms with Gasteiger partial charge in [0.05, 0.1) is 22.6 Å². The lowest BCUT2D eigenvalue weighted by Gasteiger charge is -2.07. The summed E-state index contributed by atoms with van der Waals surface area (Å²) in [5.41, 5.74) is 3.06. The molecule has 0 spiro atoms. The van der Waals surface area contributed by atoms with Gasteiger partial charge < -0.3 is 5.32 Å². The van der Waals surface area contributed by atoms with Gasteiger partial charge in [-0.15, -0.1) is 0 Å². The third kappa shape index (κ3) is 2.50. The van der Waals surface area contributed by atoms with Crippen molar-refractivity contribution in [2.45, 2.75) is 20.8 Å². The Bertz CT molecular complexity index is 646. The molecule has 100 valence electrons. The van der Waals surface area contributed by atoms with Crippen LogP contribution < -0.4 is 5.32 Å². The van der Waals surface area contributed by atoms with Crippen molar-refractivity contribution >= 4 is 11.6 Å². The van der Waals surface area contributed by atoms with Gasteiger partial charge in [-0.2, -0.15) is 5.10 Å².